The summed E-state index contributed by atoms with van der Waals surface area (Å²) in [5.41, 5.74) is 2.37. The van der Waals surface area contributed by atoms with E-state index in [4.69, 9.17) is 0 Å². The molecule has 1 aromatic carbocycles. The van der Waals surface area contributed by atoms with Crippen molar-refractivity contribution in [3.8, 4) is 0 Å². The van der Waals surface area contributed by atoms with Crippen LogP contribution in [0.25, 0.3) is 10.8 Å². The highest BCUT2D eigenvalue weighted by molar-refractivity contribution is 5.92. The number of carbonyl (C=O) groups is 1. The largest absolute Gasteiger partial charge is 0.370 e. The standard InChI is InChI=1S/C24H27N5O2/c30-23-20-6-2-1-5-19(20)22(27-28-23)16-7-9-17(10-8-16)26-24(31)21-12-11-18(15-25-21)29-13-3-4-14-29/h1-2,5-6,11-12,15-17H,3-4,7-10,13-14H2,(H,26,31)(H,28,30)/t16-,17-. The molecule has 160 valence electrons. The van der Waals surface area contributed by atoms with Crippen molar-refractivity contribution in [2.45, 2.75) is 50.5 Å². The Morgan fingerprint density at radius 1 is 1.00 bits per heavy atom. The van der Waals surface area contributed by atoms with Crippen molar-refractivity contribution in [1.82, 2.24) is 20.5 Å². The average Bonchev–Trinajstić information content (AvgIpc) is 3.35. The lowest BCUT2D eigenvalue weighted by Crippen LogP contribution is -2.38. The van der Waals surface area contributed by atoms with Crippen LogP contribution in [0.2, 0.25) is 0 Å². The molecule has 7 nitrogen and oxygen atoms in total. The molecule has 2 N–H and O–H groups in total. The molecule has 0 unspecified atom stereocenters. The van der Waals surface area contributed by atoms with Gasteiger partial charge >= 0.3 is 0 Å². The van der Waals surface area contributed by atoms with Crippen molar-refractivity contribution in [2.75, 3.05) is 18.0 Å². The number of carbonyl (C=O) groups excluding carboxylic acids is 1. The van der Waals surface area contributed by atoms with Crippen LogP contribution in [0.1, 0.15) is 60.6 Å². The Bertz CT molecular complexity index is 1130. The van der Waals surface area contributed by atoms with E-state index in [0.29, 0.717) is 11.1 Å². The van der Waals surface area contributed by atoms with E-state index in [1.807, 2.05) is 42.6 Å². The Morgan fingerprint density at radius 2 is 1.74 bits per heavy atom. The number of fused-ring (bicyclic) bond motifs is 1. The first kappa shape index (κ1) is 19.7. The second-order valence-corrected chi connectivity index (χ2v) is 8.60. The summed E-state index contributed by atoms with van der Waals surface area (Å²) in [7, 11) is 0. The fourth-order valence-electron chi connectivity index (χ4n) is 4.90. The number of aromatic nitrogens is 3. The SMILES string of the molecule is O=C(N[C@H]1CC[C@H](c2n[nH]c(=O)c3ccccc32)CC1)c1ccc(N2CCCC2)cn1. The number of hydrogen-bond donors (Lipinski definition) is 2. The average molecular weight is 418 g/mol. The van der Waals surface area contributed by atoms with Crippen LogP contribution in [-0.2, 0) is 0 Å². The Kier molecular flexibility index (Phi) is 5.40. The molecule has 2 aliphatic rings. The number of rotatable bonds is 4. The van der Waals surface area contributed by atoms with Crippen molar-refractivity contribution in [3.63, 3.8) is 0 Å². The summed E-state index contributed by atoms with van der Waals surface area (Å²) in [6.45, 7) is 2.13. The molecule has 7 heteroatoms. The second-order valence-electron chi connectivity index (χ2n) is 8.60. The van der Waals surface area contributed by atoms with Gasteiger partial charge < -0.3 is 10.2 Å². The maximum atomic E-state index is 12.7. The summed E-state index contributed by atoms with van der Waals surface area (Å²) in [5.74, 6) is 0.178. The number of aromatic amines is 1. The van der Waals surface area contributed by atoms with E-state index in [9.17, 15) is 9.59 Å². The van der Waals surface area contributed by atoms with Crippen LogP contribution < -0.4 is 15.8 Å². The topological polar surface area (TPSA) is 91.0 Å². The highest BCUT2D eigenvalue weighted by Gasteiger charge is 2.26. The predicted molar refractivity (Wildman–Crippen MR) is 121 cm³/mol. The Morgan fingerprint density at radius 3 is 2.45 bits per heavy atom. The number of nitrogens with one attached hydrogen (secondary N) is 2. The monoisotopic (exact) mass is 417 g/mol. The first-order valence-corrected chi connectivity index (χ1v) is 11.2. The van der Waals surface area contributed by atoms with Crippen LogP contribution >= 0.6 is 0 Å². The van der Waals surface area contributed by atoms with Gasteiger partial charge in [0, 0.05) is 30.4 Å². The van der Waals surface area contributed by atoms with Crippen LogP contribution in [0, 0.1) is 0 Å². The van der Waals surface area contributed by atoms with Crippen molar-refractivity contribution in [1.29, 1.82) is 0 Å². The molecule has 0 atom stereocenters. The summed E-state index contributed by atoms with van der Waals surface area (Å²) < 4.78 is 0. The Labute approximate surface area is 180 Å². The molecule has 1 amide bonds. The minimum Gasteiger partial charge on any atom is -0.370 e. The zero-order valence-corrected chi connectivity index (χ0v) is 17.5. The summed E-state index contributed by atoms with van der Waals surface area (Å²) in [6, 6.07) is 11.6. The molecule has 1 aliphatic heterocycles. The van der Waals surface area contributed by atoms with Gasteiger partial charge in [-0.2, -0.15) is 5.10 Å². The van der Waals surface area contributed by atoms with Crippen molar-refractivity contribution >= 4 is 22.4 Å². The Hall–Kier alpha value is -3.22. The second kappa shape index (κ2) is 8.49. The van der Waals surface area contributed by atoms with E-state index >= 15 is 0 Å². The minimum atomic E-state index is -0.149. The third-order valence-electron chi connectivity index (χ3n) is 6.63. The maximum absolute atomic E-state index is 12.7. The molecule has 3 aromatic rings. The summed E-state index contributed by atoms with van der Waals surface area (Å²) in [6.07, 6.45) is 7.87. The van der Waals surface area contributed by atoms with E-state index in [1.165, 1.54) is 12.8 Å². The lowest BCUT2D eigenvalue weighted by molar-refractivity contribution is 0.0920. The van der Waals surface area contributed by atoms with E-state index in [1.54, 1.807) is 0 Å². The zero-order valence-electron chi connectivity index (χ0n) is 17.5. The Balaban J connectivity index is 1.21. The van der Waals surface area contributed by atoms with Gasteiger partial charge in [0.2, 0.25) is 0 Å². The molecule has 1 saturated heterocycles. The van der Waals surface area contributed by atoms with E-state index in [0.717, 1.165) is 55.5 Å². The smallest absolute Gasteiger partial charge is 0.272 e. The van der Waals surface area contributed by atoms with Gasteiger partial charge in [-0.05, 0) is 56.7 Å². The van der Waals surface area contributed by atoms with Crippen LogP contribution in [0.15, 0.2) is 47.4 Å². The van der Waals surface area contributed by atoms with Gasteiger partial charge in [0.15, 0.2) is 0 Å². The van der Waals surface area contributed by atoms with Crippen molar-refractivity contribution in [2.24, 2.45) is 0 Å². The molecule has 0 bridgehead atoms. The molecular weight excluding hydrogens is 390 g/mol. The van der Waals surface area contributed by atoms with Crippen molar-refractivity contribution < 1.29 is 4.79 Å². The van der Waals surface area contributed by atoms with Gasteiger partial charge in [0.25, 0.3) is 11.5 Å². The fourth-order valence-corrected chi connectivity index (χ4v) is 4.90. The quantitative estimate of drug-likeness (QED) is 0.679. The third-order valence-corrected chi connectivity index (χ3v) is 6.63. The minimum absolute atomic E-state index is 0.107. The normalized spacial score (nSPS) is 21.4. The first-order chi connectivity index (χ1) is 15.2. The molecule has 0 radical (unpaired) electrons. The number of nitrogens with zero attached hydrogens (tertiary/aromatic N) is 3. The molecule has 0 spiro atoms. The van der Waals surface area contributed by atoms with Gasteiger partial charge in [-0.15, -0.1) is 0 Å². The number of amides is 1. The molecule has 2 fully saturated rings. The summed E-state index contributed by atoms with van der Waals surface area (Å²) in [5, 5.41) is 11.8. The fraction of sp³-hybridized carbons (Fsp3) is 0.417. The van der Waals surface area contributed by atoms with Gasteiger partial charge in [-0.25, -0.2) is 10.1 Å². The summed E-state index contributed by atoms with van der Waals surface area (Å²) in [4.78, 5) is 31.4. The van der Waals surface area contributed by atoms with Gasteiger partial charge in [-0.3, -0.25) is 9.59 Å². The van der Waals surface area contributed by atoms with Crippen LogP contribution in [-0.4, -0.2) is 40.2 Å². The molecule has 2 aromatic heterocycles. The lowest BCUT2D eigenvalue weighted by Gasteiger charge is -2.29. The van der Waals surface area contributed by atoms with Crippen LogP contribution in [0.5, 0.6) is 0 Å². The van der Waals surface area contributed by atoms with Gasteiger partial charge in [-0.1, -0.05) is 18.2 Å². The predicted octanol–water partition coefficient (Wildman–Crippen LogP) is 3.37. The van der Waals surface area contributed by atoms with Crippen molar-refractivity contribution in [3.05, 3.63) is 64.3 Å². The number of H-pyrrole nitrogens is 1. The van der Waals surface area contributed by atoms with Crippen LogP contribution in [0.3, 0.4) is 0 Å². The number of hydrogen-bond acceptors (Lipinski definition) is 5. The third kappa shape index (κ3) is 4.04. The zero-order chi connectivity index (χ0) is 21.2. The van der Waals surface area contributed by atoms with E-state index in [-0.39, 0.29) is 23.4 Å². The molecule has 1 saturated carbocycles. The molecular formula is C24H27N5O2. The van der Waals surface area contributed by atoms with Gasteiger partial charge in [0.05, 0.1) is 23.0 Å². The number of pyridine rings is 1. The highest BCUT2D eigenvalue weighted by Crippen LogP contribution is 2.34. The highest BCUT2D eigenvalue weighted by atomic mass is 16.2. The first-order valence-electron chi connectivity index (χ1n) is 11.2. The van der Waals surface area contributed by atoms with Gasteiger partial charge in [0.1, 0.15) is 5.69 Å². The number of anilines is 1. The van der Waals surface area contributed by atoms with E-state index in [2.05, 4.69) is 25.4 Å². The molecule has 5 rings (SSSR count). The molecule has 3 heterocycles. The lowest BCUT2D eigenvalue weighted by atomic mass is 9.82. The van der Waals surface area contributed by atoms with Crippen LogP contribution in [0.4, 0.5) is 5.69 Å². The number of benzene rings is 1. The molecule has 1 aliphatic carbocycles. The molecule has 31 heavy (non-hydrogen) atoms. The maximum Gasteiger partial charge on any atom is 0.272 e. The van der Waals surface area contributed by atoms with E-state index < -0.39 is 0 Å². The summed E-state index contributed by atoms with van der Waals surface area (Å²) >= 11 is 0.